The fourth-order valence-corrected chi connectivity index (χ4v) is 2.85. The molecule has 3 rings (SSSR count). The molecule has 0 radical (unpaired) electrons. The van der Waals surface area contributed by atoms with E-state index in [4.69, 9.17) is 16.3 Å². The van der Waals surface area contributed by atoms with Crippen LogP contribution in [0, 0.1) is 0 Å². The molecule has 2 amide bonds. The van der Waals surface area contributed by atoms with Crippen molar-refractivity contribution in [1.29, 1.82) is 0 Å². The maximum Gasteiger partial charge on any atom is 0.317 e. The molecule has 2 aromatic rings. The minimum absolute atomic E-state index is 0.197. The quantitative estimate of drug-likeness (QED) is 0.880. The van der Waals surface area contributed by atoms with E-state index >= 15 is 0 Å². The van der Waals surface area contributed by atoms with Crippen LogP contribution in [-0.2, 0) is 11.3 Å². The van der Waals surface area contributed by atoms with Gasteiger partial charge in [-0.3, -0.25) is 4.98 Å². The Bertz CT molecular complexity index is 786. The maximum atomic E-state index is 13.6. The second kappa shape index (κ2) is 7.55. The van der Waals surface area contributed by atoms with Gasteiger partial charge in [-0.2, -0.15) is 0 Å². The third-order valence-corrected chi connectivity index (χ3v) is 4.46. The summed E-state index contributed by atoms with van der Waals surface area (Å²) in [7, 11) is 1.55. The minimum Gasteiger partial charge on any atom is -0.373 e. The zero-order valence-corrected chi connectivity index (χ0v) is 14.8. The number of carbonyl (C=O) groups excluding carboxylic acids is 1. The summed E-state index contributed by atoms with van der Waals surface area (Å²) in [6.45, 7) is -0.629. The van der Waals surface area contributed by atoms with Gasteiger partial charge in [0.05, 0.1) is 6.61 Å². The largest absolute Gasteiger partial charge is 0.373 e. The molecule has 0 aliphatic carbocycles. The summed E-state index contributed by atoms with van der Waals surface area (Å²) < 4.78 is 32.0. The second-order valence-corrected chi connectivity index (χ2v) is 6.61. The summed E-state index contributed by atoms with van der Waals surface area (Å²) in [6.07, 6.45) is 3.32. The third-order valence-electron chi connectivity index (χ3n) is 4.21. The number of nitrogens with one attached hydrogen (secondary N) is 1. The molecule has 26 heavy (non-hydrogen) atoms. The molecular formula is C18H18ClF2N3O2. The highest BCUT2D eigenvalue weighted by Crippen LogP contribution is 2.27. The summed E-state index contributed by atoms with van der Waals surface area (Å²) in [6, 6.07) is 7.16. The van der Waals surface area contributed by atoms with Crippen molar-refractivity contribution in [3.63, 3.8) is 0 Å². The molecule has 1 fully saturated rings. The van der Waals surface area contributed by atoms with E-state index in [2.05, 4.69) is 10.3 Å². The minimum atomic E-state index is -3.05. The summed E-state index contributed by atoms with van der Waals surface area (Å²) >= 11 is 5.92. The number of aromatic nitrogens is 1. The number of alkyl halides is 2. The topological polar surface area (TPSA) is 54.5 Å². The van der Waals surface area contributed by atoms with E-state index in [1.54, 1.807) is 37.6 Å². The van der Waals surface area contributed by atoms with E-state index in [9.17, 15) is 13.6 Å². The van der Waals surface area contributed by atoms with Crippen molar-refractivity contribution in [3.8, 4) is 11.1 Å². The van der Waals surface area contributed by atoms with Crippen LogP contribution < -0.4 is 5.32 Å². The van der Waals surface area contributed by atoms with E-state index in [0.717, 1.165) is 16.7 Å². The Morgan fingerprint density at radius 2 is 2.12 bits per heavy atom. The molecule has 1 saturated heterocycles. The first-order valence-electron chi connectivity index (χ1n) is 8.03. The van der Waals surface area contributed by atoms with Crippen LogP contribution in [0.5, 0.6) is 0 Å². The molecule has 1 aromatic heterocycles. The Labute approximate surface area is 154 Å². The summed E-state index contributed by atoms with van der Waals surface area (Å²) in [5.74, 6) is -3.05. The number of urea groups is 1. The molecule has 138 valence electrons. The van der Waals surface area contributed by atoms with Crippen molar-refractivity contribution in [2.75, 3.05) is 20.3 Å². The molecule has 0 spiro atoms. The highest BCUT2D eigenvalue weighted by atomic mass is 35.5. The van der Waals surface area contributed by atoms with E-state index in [1.165, 1.54) is 4.90 Å². The predicted molar refractivity (Wildman–Crippen MR) is 94.2 cm³/mol. The molecule has 0 saturated carbocycles. The van der Waals surface area contributed by atoms with Crippen molar-refractivity contribution in [1.82, 2.24) is 15.2 Å². The number of ether oxygens (including phenoxy) is 1. The fraction of sp³-hybridized carbons (Fsp3) is 0.333. The fourth-order valence-electron chi connectivity index (χ4n) is 2.72. The summed E-state index contributed by atoms with van der Waals surface area (Å²) in [5.41, 5.74) is 2.59. The molecule has 8 heteroatoms. The van der Waals surface area contributed by atoms with Crippen LogP contribution in [0.15, 0.2) is 42.7 Å². The van der Waals surface area contributed by atoms with Gasteiger partial charge in [0.15, 0.2) is 0 Å². The second-order valence-electron chi connectivity index (χ2n) is 6.17. The lowest BCUT2D eigenvalue weighted by Crippen LogP contribution is -2.50. The van der Waals surface area contributed by atoms with Crippen molar-refractivity contribution in [2.24, 2.45) is 0 Å². The number of amides is 2. The molecule has 1 aromatic carbocycles. The van der Waals surface area contributed by atoms with Crippen LogP contribution >= 0.6 is 11.6 Å². The SMILES string of the molecule is CN(Cc1ccncc1-c1ccc(Cl)cc1)C(=O)N[C@H]1COCC1(F)F. The summed E-state index contributed by atoms with van der Waals surface area (Å²) in [4.78, 5) is 17.8. The van der Waals surface area contributed by atoms with Crippen LogP contribution in [0.3, 0.4) is 0 Å². The van der Waals surface area contributed by atoms with Crippen LogP contribution in [-0.4, -0.2) is 48.1 Å². The van der Waals surface area contributed by atoms with Gasteiger partial charge in [-0.05, 0) is 29.3 Å². The van der Waals surface area contributed by atoms with Crippen LogP contribution in [0.25, 0.3) is 11.1 Å². The summed E-state index contributed by atoms with van der Waals surface area (Å²) in [5, 5.41) is 2.96. The third kappa shape index (κ3) is 4.11. The van der Waals surface area contributed by atoms with Crippen molar-refractivity contribution >= 4 is 17.6 Å². The van der Waals surface area contributed by atoms with Gasteiger partial charge in [0.25, 0.3) is 5.92 Å². The number of benzene rings is 1. The molecule has 5 nitrogen and oxygen atoms in total. The molecule has 1 aliphatic heterocycles. The lowest BCUT2D eigenvalue weighted by Gasteiger charge is -2.24. The molecular weight excluding hydrogens is 364 g/mol. The monoisotopic (exact) mass is 381 g/mol. The number of pyridine rings is 1. The maximum absolute atomic E-state index is 13.6. The van der Waals surface area contributed by atoms with Gasteiger partial charge in [0, 0.05) is 36.6 Å². The van der Waals surface area contributed by atoms with E-state index in [1.807, 2.05) is 12.1 Å². The lowest BCUT2D eigenvalue weighted by atomic mass is 10.0. The number of nitrogens with zero attached hydrogens (tertiary/aromatic N) is 2. The van der Waals surface area contributed by atoms with Crippen LogP contribution in [0.1, 0.15) is 5.56 Å². The first kappa shape index (κ1) is 18.5. The van der Waals surface area contributed by atoms with E-state index in [0.29, 0.717) is 5.02 Å². The standard InChI is InChI=1S/C18H18ClF2N3O2/c1-24(17(25)23-16-10-26-11-18(16,20)21)9-13-6-7-22-8-15(13)12-2-4-14(19)5-3-12/h2-8,16H,9-11H2,1H3,(H,23,25)/t16-/m0/s1. The van der Waals surface area contributed by atoms with Crippen molar-refractivity contribution in [2.45, 2.75) is 18.5 Å². The zero-order valence-electron chi connectivity index (χ0n) is 14.1. The molecule has 2 heterocycles. The van der Waals surface area contributed by atoms with Crippen LogP contribution in [0.2, 0.25) is 5.02 Å². The Morgan fingerprint density at radius 1 is 1.38 bits per heavy atom. The van der Waals surface area contributed by atoms with Gasteiger partial charge in [0.2, 0.25) is 0 Å². The van der Waals surface area contributed by atoms with E-state index < -0.39 is 24.6 Å². The smallest absolute Gasteiger partial charge is 0.317 e. The lowest BCUT2D eigenvalue weighted by molar-refractivity contribution is -0.0222. The molecule has 0 bridgehead atoms. The van der Waals surface area contributed by atoms with Gasteiger partial charge in [-0.15, -0.1) is 0 Å². The Hall–Kier alpha value is -2.25. The highest BCUT2D eigenvalue weighted by Gasteiger charge is 2.46. The number of hydrogen-bond acceptors (Lipinski definition) is 3. The first-order valence-corrected chi connectivity index (χ1v) is 8.40. The van der Waals surface area contributed by atoms with Crippen molar-refractivity contribution in [3.05, 3.63) is 53.3 Å². The Balaban J connectivity index is 1.72. The molecule has 1 N–H and O–H groups in total. The average Bonchev–Trinajstić information content (AvgIpc) is 2.94. The number of hydrogen-bond donors (Lipinski definition) is 1. The number of halogens is 3. The highest BCUT2D eigenvalue weighted by molar-refractivity contribution is 6.30. The number of rotatable bonds is 4. The normalized spacial score (nSPS) is 18.5. The van der Waals surface area contributed by atoms with Crippen LogP contribution in [0.4, 0.5) is 13.6 Å². The predicted octanol–water partition coefficient (Wildman–Crippen LogP) is 3.58. The Kier molecular flexibility index (Phi) is 5.38. The van der Waals surface area contributed by atoms with Gasteiger partial charge in [0.1, 0.15) is 12.6 Å². The van der Waals surface area contributed by atoms with Gasteiger partial charge < -0.3 is 15.0 Å². The van der Waals surface area contributed by atoms with Gasteiger partial charge in [-0.1, -0.05) is 23.7 Å². The van der Waals surface area contributed by atoms with E-state index in [-0.39, 0.29) is 13.2 Å². The zero-order chi connectivity index (χ0) is 18.7. The molecule has 0 unspecified atom stereocenters. The average molecular weight is 382 g/mol. The molecule has 1 atom stereocenters. The molecule has 1 aliphatic rings. The number of carbonyl (C=O) groups is 1. The van der Waals surface area contributed by atoms with Gasteiger partial charge >= 0.3 is 6.03 Å². The van der Waals surface area contributed by atoms with Gasteiger partial charge in [-0.25, -0.2) is 13.6 Å². The Morgan fingerprint density at radius 3 is 2.77 bits per heavy atom. The van der Waals surface area contributed by atoms with Crippen molar-refractivity contribution < 1.29 is 18.3 Å². The first-order chi connectivity index (χ1) is 12.4.